The van der Waals surface area contributed by atoms with Gasteiger partial charge in [0.1, 0.15) is 6.04 Å². The third-order valence-corrected chi connectivity index (χ3v) is 4.87. The Bertz CT molecular complexity index is 565. The number of amides is 2. The smallest absolute Gasteiger partial charge is 0.326 e. The van der Waals surface area contributed by atoms with Crippen molar-refractivity contribution in [3.63, 3.8) is 0 Å². The standard InChI is InChI=1S/C17H24N2O4S/c1-4-15(24-14-8-6-5-7-9-14)16(21)19(12(2)17(22)23)11-10-18-13(3)20/h5-9,12,15H,4,10-11H2,1-3H3,(H,18,20)(H,22,23). The SMILES string of the molecule is CCC(Sc1ccccc1)C(=O)N(CCNC(C)=O)C(C)C(=O)O. The molecule has 0 fully saturated rings. The van der Waals surface area contributed by atoms with Crippen LogP contribution in [0.5, 0.6) is 0 Å². The van der Waals surface area contributed by atoms with Gasteiger partial charge in [0.2, 0.25) is 11.8 Å². The van der Waals surface area contributed by atoms with Crippen LogP contribution in [-0.2, 0) is 14.4 Å². The Morgan fingerprint density at radius 2 is 1.88 bits per heavy atom. The molecule has 0 bridgehead atoms. The summed E-state index contributed by atoms with van der Waals surface area (Å²) in [6.07, 6.45) is 0.585. The first kappa shape index (κ1) is 20.0. The monoisotopic (exact) mass is 352 g/mol. The number of nitrogens with one attached hydrogen (secondary N) is 1. The maximum Gasteiger partial charge on any atom is 0.326 e. The van der Waals surface area contributed by atoms with Gasteiger partial charge in [0.15, 0.2) is 0 Å². The number of thioether (sulfide) groups is 1. The molecule has 2 atom stereocenters. The Morgan fingerprint density at radius 1 is 1.25 bits per heavy atom. The minimum Gasteiger partial charge on any atom is -0.480 e. The van der Waals surface area contributed by atoms with Gasteiger partial charge >= 0.3 is 5.97 Å². The molecule has 0 saturated carbocycles. The highest BCUT2D eigenvalue weighted by atomic mass is 32.2. The van der Waals surface area contributed by atoms with Crippen LogP contribution in [0.15, 0.2) is 35.2 Å². The molecule has 0 aliphatic carbocycles. The summed E-state index contributed by atoms with van der Waals surface area (Å²) < 4.78 is 0. The number of carbonyl (C=O) groups excluding carboxylic acids is 2. The number of aliphatic carboxylic acids is 1. The van der Waals surface area contributed by atoms with Crippen LogP contribution in [0.4, 0.5) is 0 Å². The molecule has 0 aliphatic rings. The molecule has 1 aromatic carbocycles. The molecule has 1 aromatic rings. The van der Waals surface area contributed by atoms with Crippen molar-refractivity contribution in [2.75, 3.05) is 13.1 Å². The summed E-state index contributed by atoms with van der Waals surface area (Å²) in [4.78, 5) is 37.4. The van der Waals surface area contributed by atoms with Crippen molar-refractivity contribution in [3.05, 3.63) is 30.3 Å². The van der Waals surface area contributed by atoms with E-state index >= 15 is 0 Å². The van der Waals surface area contributed by atoms with Crippen LogP contribution < -0.4 is 5.32 Å². The second kappa shape index (κ2) is 9.97. The zero-order valence-corrected chi connectivity index (χ0v) is 15.0. The molecule has 2 N–H and O–H groups in total. The fraction of sp³-hybridized carbons (Fsp3) is 0.471. The van der Waals surface area contributed by atoms with E-state index in [2.05, 4.69) is 5.32 Å². The molecule has 0 radical (unpaired) electrons. The summed E-state index contributed by atoms with van der Waals surface area (Å²) >= 11 is 1.42. The Hall–Kier alpha value is -2.02. The molecule has 2 amide bonds. The summed E-state index contributed by atoms with van der Waals surface area (Å²) in [5.41, 5.74) is 0. The minimum atomic E-state index is -1.06. The quantitative estimate of drug-likeness (QED) is 0.664. The number of nitrogens with zero attached hydrogens (tertiary/aromatic N) is 1. The van der Waals surface area contributed by atoms with E-state index in [0.717, 1.165) is 4.90 Å². The lowest BCUT2D eigenvalue weighted by molar-refractivity contribution is -0.149. The molecule has 6 nitrogen and oxygen atoms in total. The highest BCUT2D eigenvalue weighted by molar-refractivity contribution is 8.00. The molecule has 0 aromatic heterocycles. The maximum absolute atomic E-state index is 12.8. The molecular formula is C17H24N2O4S. The Morgan fingerprint density at radius 3 is 2.38 bits per heavy atom. The van der Waals surface area contributed by atoms with Crippen LogP contribution in [0.2, 0.25) is 0 Å². The second-order valence-electron chi connectivity index (χ2n) is 5.36. The lowest BCUT2D eigenvalue weighted by Gasteiger charge is -2.30. The molecule has 2 unspecified atom stereocenters. The predicted molar refractivity (Wildman–Crippen MR) is 93.9 cm³/mol. The second-order valence-corrected chi connectivity index (χ2v) is 6.63. The number of hydrogen-bond acceptors (Lipinski definition) is 4. The lowest BCUT2D eigenvalue weighted by Crippen LogP contribution is -2.49. The molecule has 0 spiro atoms. The third kappa shape index (κ3) is 6.23. The molecular weight excluding hydrogens is 328 g/mol. The Balaban J connectivity index is 2.85. The van der Waals surface area contributed by atoms with E-state index in [1.165, 1.54) is 30.5 Å². The van der Waals surface area contributed by atoms with E-state index in [-0.39, 0.29) is 30.2 Å². The van der Waals surface area contributed by atoms with Gasteiger partial charge in [-0.1, -0.05) is 25.1 Å². The molecule has 0 heterocycles. The van der Waals surface area contributed by atoms with Crippen LogP contribution in [0.25, 0.3) is 0 Å². The largest absolute Gasteiger partial charge is 0.480 e. The zero-order chi connectivity index (χ0) is 18.1. The number of carboxylic acid groups (broad SMARTS) is 1. The summed E-state index contributed by atoms with van der Waals surface area (Å²) in [5, 5.41) is 11.5. The van der Waals surface area contributed by atoms with Crippen LogP contribution in [-0.4, -0.2) is 52.2 Å². The van der Waals surface area contributed by atoms with Crippen molar-refractivity contribution < 1.29 is 19.5 Å². The predicted octanol–water partition coefficient (Wildman–Crippen LogP) is 2.00. The maximum atomic E-state index is 12.8. The average Bonchev–Trinajstić information content (AvgIpc) is 2.56. The Kier molecular flexibility index (Phi) is 8.32. The molecule has 1 rings (SSSR count). The normalized spacial score (nSPS) is 13.0. The van der Waals surface area contributed by atoms with Crippen molar-refractivity contribution in [1.82, 2.24) is 10.2 Å². The third-order valence-electron chi connectivity index (χ3n) is 3.50. The number of hydrogen-bond donors (Lipinski definition) is 2. The first-order valence-electron chi connectivity index (χ1n) is 7.86. The fourth-order valence-corrected chi connectivity index (χ4v) is 3.18. The van der Waals surface area contributed by atoms with Crippen molar-refractivity contribution in [1.29, 1.82) is 0 Å². The minimum absolute atomic E-state index is 0.164. The van der Waals surface area contributed by atoms with Gasteiger partial charge in [-0.25, -0.2) is 4.79 Å². The van der Waals surface area contributed by atoms with Crippen molar-refractivity contribution >= 4 is 29.5 Å². The van der Waals surface area contributed by atoms with Gasteiger partial charge in [0.25, 0.3) is 0 Å². The van der Waals surface area contributed by atoms with Gasteiger partial charge in [-0.15, -0.1) is 11.8 Å². The summed E-state index contributed by atoms with van der Waals surface area (Å²) in [6.45, 7) is 5.15. The van der Waals surface area contributed by atoms with Crippen molar-refractivity contribution in [2.45, 2.75) is 43.4 Å². The van der Waals surface area contributed by atoms with Crippen LogP contribution in [0, 0.1) is 0 Å². The topological polar surface area (TPSA) is 86.7 Å². The van der Waals surface area contributed by atoms with Crippen LogP contribution in [0.3, 0.4) is 0 Å². The van der Waals surface area contributed by atoms with Crippen LogP contribution in [0.1, 0.15) is 27.2 Å². The van der Waals surface area contributed by atoms with E-state index in [1.807, 2.05) is 37.3 Å². The van der Waals surface area contributed by atoms with E-state index in [0.29, 0.717) is 6.42 Å². The lowest BCUT2D eigenvalue weighted by atomic mass is 10.2. The summed E-state index contributed by atoms with van der Waals surface area (Å²) in [7, 11) is 0. The fourth-order valence-electron chi connectivity index (χ4n) is 2.14. The van der Waals surface area contributed by atoms with Crippen LogP contribution >= 0.6 is 11.8 Å². The zero-order valence-electron chi connectivity index (χ0n) is 14.2. The molecule has 24 heavy (non-hydrogen) atoms. The van der Waals surface area contributed by atoms with Gasteiger partial charge in [-0.05, 0) is 25.5 Å². The average molecular weight is 352 g/mol. The number of carboxylic acids is 1. The number of rotatable bonds is 9. The first-order valence-corrected chi connectivity index (χ1v) is 8.74. The highest BCUT2D eigenvalue weighted by Crippen LogP contribution is 2.27. The van der Waals surface area contributed by atoms with Gasteiger partial charge in [0, 0.05) is 24.9 Å². The van der Waals surface area contributed by atoms with E-state index in [1.54, 1.807) is 0 Å². The Labute approximate surface area is 146 Å². The highest BCUT2D eigenvalue weighted by Gasteiger charge is 2.30. The van der Waals surface area contributed by atoms with E-state index in [4.69, 9.17) is 0 Å². The van der Waals surface area contributed by atoms with Crippen molar-refractivity contribution in [3.8, 4) is 0 Å². The van der Waals surface area contributed by atoms with Gasteiger partial charge < -0.3 is 15.3 Å². The van der Waals surface area contributed by atoms with Gasteiger partial charge in [-0.3, -0.25) is 9.59 Å². The van der Waals surface area contributed by atoms with E-state index in [9.17, 15) is 19.5 Å². The first-order chi connectivity index (χ1) is 11.4. The molecule has 132 valence electrons. The van der Waals surface area contributed by atoms with Gasteiger partial charge in [0.05, 0.1) is 5.25 Å². The van der Waals surface area contributed by atoms with Crippen molar-refractivity contribution in [2.24, 2.45) is 0 Å². The molecule has 7 heteroatoms. The molecule has 0 aliphatic heterocycles. The molecule has 0 saturated heterocycles. The number of carbonyl (C=O) groups is 3. The summed E-state index contributed by atoms with van der Waals surface area (Å²) in [5.74, 6) is -1.51. The van der Waals surface area contributed by atoms with E-state index < -0.39 is 12.0 Å². The summed E-state index contributed by atoms with van der Waals surface area (Å²) in [6, 6.07) is 8.59. The number of benzene rings is 1. The van der Waals surface area contributed by atoms with Gasteiger partial charge in [-0.2, -0.15) is 0 Å².